The maximum atomic E-state index is 11.8. The summed E-state index contributed by atoms with van der Waals surface area (Å²) in [4.78, 5) is 24.4. The molecule has 1 unspecified atom stereocenters. The number of thioether (sulfide) groups is 1. The van der Waals surface area contributed by atoms with Gasteiger partial charge in [0, 0.05) is 11.4 Å². The molecular weight excluding hydrogens is 272 g/mol. The fraction of sp³-hybridized carbons (Fsp3) is 0.467. The molecule has 1 atom stereocenters. The quantitative estimate of drug-likeness (QED) is 0.757. The van der Waals surface area contributed by atoms with Crippen LogP contribution in [0.4, 0.5) is 0 Å². The second-order valence-electron chi connectivity index (χ2n) is 4.68. The molecule has 0 aromatic heterocycles. The fourth-order valence-corrected chi connectivity index (χ4v) is 2.24. The zero-order valence-corrected chi connectivity index (χ0v) is 13.0. The van der Waals surface area contributed by atoms with E-state index in [1.807, 2.05) is 38.1 Å². The van der Waals surface area contributed by atoms with Gasteiger partial charge in [0.15, 0.2) is 0 Å². The summed E-state index contributed by atoms with van der Waals surface area (Å²) in [6, 6.07) is 7.52. The van der Waals surface area contributed by atoms with Crippen molar-refractivity contribution in [3.8, 4) is 0 Å². The van der Waals surface area contributed by atoms with Gasteiger partial charge in [-0.3, -0.25) is 9.59 Å². The van der Waals surface area contributed by atoms with Gasteiger partial charge in [0.25, 0.3) is 0 Å². The highest BCUT2D eigenvalue weighted by Crippen LogP contribution is 2.17. The van der Waals surface area contributed by atoms with Crippen LogP contribution >= 0.6 is 11.8 Å². The van der Waals surface area contributed by atoms with E-state index in [1.165, 1.54) is 17.3 Å². The first-order chi connectivity index (χ1) is 9.52. The summed E-state index contributed by atoms with van der Waals surface area (Å²) in [5.74, 6) is 0.0457. The Morgan fingerprint density at radius 3 is 2.50 bits per heavy atom. The summed E-state index contributed by atoms with van der Waals surface area (Å²) in [7, 11) is 0. The van der Waals surface area contributed by atoms with E-state index in [4.69, 9.17) is 0 Å². The normalized spacial score (nSPS) is 11.8. The zero-order chi connectivity index (χ0) is 15.0. The minimum Gasteiger partial charge on any atom is -0.354 e. The van der Waals surface area contributed by atoms with Gasteiger partial charge < -0.3 is 10.6 Å². The maximum Gasteiger partial charge on any atom is 0.242 e. The molecule has 2 N–H and O–H groups in total. The summed E-state index contributed by atoms with van der Waals surface area (Å²) in [5, 5.41) is 5.46. The molecule has 0 saturated heterocycles. The van der Waals surface area contributed by atoms with Gasteiger partial charge in [0.2, 0.25) is 11.8 Å². The molecule has 0 radical (unpaired) electrons. The van der Waals surface area contributed by atoms with Crippen molar-refractivity contribution in [1.29, 1.82) is 0 Å². The van der Waals surface area contributed by atoms with Crippen molar-refractivity contribution < 1.29 is 9.59 Å². The van der Waals surface area contributed by atoms with Crippen molar-refractivity contribution in [2.24, 2.45) is 0 Å². The first-order valence-electron chi connectivity index (χ1n) is 6.79. The smallest absolute Gasteiger partial charge is 0.242 e. The summed E-state index contributed by atoms with van der Waals surface area (Å²) >= 11 is 1.47. The minimum absolute atomic E-state index is 0.130. The highest BCUT2D eigenvalue weighted by molar-refractivity contribution is 8.00. The van der Waals surface area contributed by atoms with E-state index in [0.29, 0.717) is 12.3 Å². The summed E-state index contributed by atoms with van der Waals surface area (Å²) < 4.78 is 0. The van der Waals surface area contributed by atoms with Crippen molar-refractivity contribution in [3.63, 3.8) is 0 Å². The van der Waals surface area contributed by atoms with Crippen LogP contribution in [0.25, 0.3) is 0 Å². The number of benzene rings is 1. The highest BCUT2D eigenvalue weighted by atomic mass is 32.2. The number of rotatable bonds is 7. The molecule has 0 fully saturated rings. The third-order valence-electron chi connectivity index (χ3n) is 2.71. The summed E-state index contributed by atoms with van der Waals surface area (Å²) in [5.41, 5.74) is 1.19. The first kappa shape index (κ1) is 16.6. The second-order valence-corrected chi connectivity index (χ2v) is 5.73. The van der Waals surface area contributed by atoms with Gasteiger partial charge in [-0.15, -0.1) is 11.8 Å². The van der Waals surface area contributed by atoms with Crippen LogP contribution in [0, 0.1) is 6.92 Å². The van der Waals surface area contributed by atoms with E-state index in [9.17, 15) is 9.59 Å². The van der Waals surface area contributed by atoms with Crippen molar-refractivity contribution >= 4 is 23.6 Å². The van der Waals surface area contributed by atoms with Crippen LogP contribution in [0.1, 0.15) is 25.8 Å². The number of aryl methyl sites for hydroxylation is 1. The molecule has 20 heavy (non-hydrogen) atoms. The van der Waals surface area contributed by atoms with E-state index >= 15 is 0 Å². The lowest BCUT2D eigenvalue weighted by Gasteiger charge is -2.13. The van der Waals surface area contributed by atoms with Crippen LogP contribution in [0.3, 0.4) is 0 Å². The second kappa shape index (κ2) is 8.64. The Bertz CT molecular complexity index is 446. The number of nitrogens with one attached hydrogen (secondary N) is 2. The van der Waals surface area contributed by atoms with Gasteiger partial charge in [-0.05, 0) is 32.4 Å². The van der Waals surface area contributed by atoms with E-state index in [-0.39, 0.29) is 11.8 Å². The first-order valence-corrected chi connectivity index (χ1v) is 7.78. The highest BCUT2D eigenvalue weighted by Gasteiger charge is 2.14. The lowest BCUT2D eigenvalue weighted by Crippen LogP contribution is -2.45. The van der Waals surface area contributed by atoms with Crippen molar-refractivity contribution in [3.05, 3.63) is 29.8 Å². The number of carbonyl (C=O) groups excluding carboxylic acids is 2. The number of hydrogen-bond donors (Lipinski definition) is 2. The van der Waals surface area contributed by atoms with Gasteiger partial charge >= 0.3 is 0 Å². The molecule has 0 heterocycles. The molecule has 0 aliphatic heterocycles. The Balaban J connectivity index is 2.32. The van der Waals surface area contributed by atoms with Crippen molar-refractivity contribution in [2.75, 3.05) is 12.3 Å². The Morgan fingerprint density at radius 2 is 1.90 bits per heavy atom. The predicted octanol–water partition coefficient (Wildman–Crippen LogP) is 2.12. The molecule has 0 aliphatic carbocycles. The third-order valence-corrected chi connectivity index (χ3v) is 3.72. The fourth-order valence-electron chi connectivity index (χ4n) is 1.53. The van der Waals surface area contributed by atoms with E-state index < -0.39 is 6.04 Å². The topological polar surface area (TPSA) is 58.2 Å². The van der Waals surface area contributed by atoms with Crippen molar-refractivity contribution in [1.82, 2.24) is 10.6 Å². The van der Waals surface area contributed by atoms with Gasteiger partial charge in [0.1, 0.15) is 6.04 Å². The van der Waals surface area contributed by atoms with E-state index in [1.54, 1.807) is 6.92 Å². The van der Waals surface area contributed by atoms with Gasteiger partial charge in [-0.25, -0.2) is 0 Å². The molecule has 1 rings (SSSR count). The number of hydrogen-bond acceptors (Lipinski definition) is 3. The Morgan fingerprint density at radius 1 is 1.25 bits per heavy atom. The molecule has 0 saturated carbocycles. The molecule has 2 amide bonds. The van der Waals surface area contributed by atoms with Crippen LogP contribution in [-0.2, 0) is 9.59 Å². The molecule has 5 heteroatoms. The molecule has 0 bridgehead atoms. The molecule has 0 spiro atoms. The Labute approximate surface area is 124 Å². The molecule has 110 valence electrons. The van der Waals surface area contributed by atoms with Gasteiger partial charge in [-0.1, -0.05) is 24.6 Å². The Hall–Kier alpha value is -1.49. The largest absolute Gasteiger partial charge is 0.354 e. The monoisotopic (exact) mass is 294 g/mol. The van der Waals surface area contributed by atoms with E-state index in [2.05, 4.69) is 10.6 Å². The molecule has 4 nitrogen and oxygen atoms in total. The van der Waals surface area contributed by atoms with Crippen LogP contribution in [0.5, 0.6) is 0 Å². The minimum atomic E-state index is -0.493. The lowest BCUT2D eigenvalue weighted by molar-refractivity contribution is -0.127. The van der Waals surface area contributed by atoms with Crippen LogP contribution in [0.15, 0.2) is 29.2 Å². The summed E-state index contributed by atoms with van der Waals surface area (Å²) in [6.07, 6.45) is 0.885. The average Bonchev–Trinajstić information content (AvgIpc) is 2.44. The SMILES string of the molecule is CCCNC(=O)C(C)NC(=O)CSc1ccc(C)cc1. The van der Waals surface area contributed by atoms with E-state index in [0.717, 1.165) is 11.3 Å². The Kier molecular flexibility index (Phi) is 7.15. The van der Waals surface area contributed by atoms with Crippen LogP contribution in [-0.4, -0.2) is 30.2 Å². The van der Waals surface area contributed by atoms with Crippen LogP contribution < -0.4 is 10.6 Å². The van der Waals surface area contributed by atoms with Gasteiger partial charge in [0.05, 0.1) is 5.75 Å². The number of amides is 2. The molecule has 1 aromatic rings. The predicted molar refractivity (Wildman–Crippen MR) is 82.8 cm³/mol. The maximum absolute atomic E-state index is 11.8. The molecular formula is C15H22N2O2S. The van der Waals surface area contributed by atoms with Crippen LogP contribution in [0.2, 0.25) is 0 Å². The van der Waals surface area contributed by atoms with Gasteiger partial charge in [-0.2, -0.15) is 0 Å². The lowest BCUT2D eigenvalue weighted by atomic mass is 10.2. The summed E-state index contributed by atoms with van der Waals surface area (Å²) in [6.45, 7) is 6.34. The average molecular weight is 294 g/mol. The van der Waals surface area contributed by atoms with Crippen molar-refractivity contribution in [2.45, 2.75) is 38.1 Å². The molecule has 1 aromatic carbocycles. The third kappa shape index (κ3) is 6.10. The molecule has 0 aliphatic rings. The standard InChI is InChI=1S/C15H22N2O2S/c1-4-9-16-15(19)12(3)17-14(18)10-20-13-7-5-11(2)6-8-13/h5-8,12H,4,9-10H2,1-3H3,(H,16,19)(H,17,18). The zero-order valence-electron chi connectivity index (χ0n) is 12.2. The number of carbonyl (C=O) groups is 2.